The number of unbranched alkanes of at least 4 members (excludes halogenated alkanes) is 1. The van der Waals surface area contributed by atoms with Crippen LogP contribution in [0.2, 0.25) is 0 Å². The number of nitrogens with zero attached hydrogens (tertiary/aromatic N) is 3. The summed E-state index contributed by atoms with van der Waals surface area (Å²) < 4.78 is 37.4. The Bertz CT molecular complexity index is 547. The molecule has 0 amide bonds. The van der Waals surface area contributed by atoms with E-state index >= 15 is 0 Å². The van der Waals surface area contributed by atoms with Crippen molar-refractivity contribution in [2.75, 3.05) is 11.9 Å². The van der Waals surface area contributed by atoms with Gasteiger partial charge in [0.1, 0.15) is 0 Å². The van der Waals surface area contributed by atoms with E-state index in [1.807, 2.05) is 19.1 Å². The minimum atomic E-state index is -4.07. The van der Waals surface area contributed by atoms with Crippen LogP contribution in [0.3, 0.4) is 0 Å². The highest BCUT2D eigenvalue weighted by molar-refractivity contribution is 5.45. The molecule has 0 aliphatic carbocycles. The van der Waals surface area contributed by atoms with Gasteiger partial charge in [-0.2, -0.15) is 18.2 Å². The topological polar surface area (TPSA) is 42.2 Å². The Hall–Kier alpha value is -1.79. The summed E-state index contributed by atoms with van der Waals surface area (Å²) in [6.07, 6.45) is -2.46. The summed E-state index contributed by atoms with van der Waals surface area (Å²) in [5, 5.41) is 7.10. The fourth-order valence-corrected chi connectivity index (χ4v) is 1.71. The molecule has 0 bridgehead atoms. The van der Waals surface area contributed by atoms with Crippen molar-refractivity contribution in [3.8, 4) is 0 Å². The van der Waals surface area contributed by atoms with Gasteiger partial charge in [-0.05, 0) is 37.5 Å². The molecule has 0 aliphatic rings. The van der Waals surface area contributed by atoms with Gasteiger partial charge in [0.15, 0.2) is 5.65 Å². The van der Waals surface area contributed by atoms with E-state index in [9.17, 15) is 13.2 Å². The molecule has 19 heavy (non-hydrogen) atoms. The number of nitrogens with one attached hydrogen (secondary N) is 1. The average Bonchev–Trinajstić information content (AvgIpc) is 2.68. The zero-order chi connectivity index (χ0) is 13.9. The lowest BCUT2D eigenvalue weighted by molar-refractivity contribution is -0.135. The normalized spacial score (nSPS) is 12.0. The molecule has 104 valence electrons. The van der Waals surface area contributed by atoms with Gasteiger partial charge in [-0.25, -0.2) is 4.52 Å². The molecule has 0 fully saturated rings. The summed E-state index contributed by atoms with van der Waals surface area (Å²) in [6.45, 7) is 2.39. The molecule has 2 rings (SSSR count). The number of aromatic nitrogens is 3. The minimum Gasteiger partial charge on any atom is -0.353 e. The number of rotatable bonds is 5. The molecule has 0 saturated carbocycles. The van der Waals surface area contributed by atoms with E-state index < -0.39 is 12.6 Å². The summed E-state index contributed by atoms with van der Waals surface area (Å²) in [5.41, 5.74) is 1.80. The first-order chi connectivity index (χ1) is 8.94. The van der Waals surface area contributed by atoms with Crippen molar-refractivity contribution in [3.63, 3.8) is 0 Å². The summed E-state index contributed by atoms with van der Waals surface area (Å²) >= 11 is 0. The highest BCUT2D eigenvalue weighted by atomic mass is 19.4. The molecule has 0 aliphatic heterocycles. The second-order valence-corrected chi connectivity index (χ2v) is 4.44. The van der Waals surface area contributed by atoms with Crippen molar-refractivity contribution in [3.05, 3.63) is 23.9 Å². The van der Waals surface area contributed by atoms with Crippen LogP contribution in [0, 0.1) is 6.92 Å². The Balaban J connectivity index is 1.82. The fourth-order valence-electron chi connectivity index (χ4n) is 1.71. The maximum atomic E-state index is 11.9. The van der Waals surface area contributed by atoms with E-state index in [-0.39, 0.29) is 6.42 Å². The van der Waals surface area contributed by atoms with E-state index in [2.05, 4.69) is 15.4 Å². The number of fused-ring (bicyclic) bond motifs is 1. The van der Waals surface area contributed by atoms with Crippen LogP contribution < -0.4 is 5.32 Å². The van der Waals surface area contributed by atoms with Crippen LogP contribution in [0.1, 0.15) is 24.8 Å². The van der Waals surface area contributed by atoms with Crippen LogP contribution in [-0.4, -0.2) is 27.3 Å². The molecule has 1 N–H and O–H groups in total. The minimum absolute atomic E-state index is 0.114. The molecule has 4 nitrogen and oxygen atoms in total. The monoisotopic (exact) mass is 272 g/mol. The van der Waals surface area contributed by atoms with Crippen molar-refractivity contribution in [2.24, 2.45) is 0 Å². The average molecular weight is 272 g/mol. The van der Waals surface area contributed by atoms with Crippen molar-refractivity contribution in [2.45, 2.75) is 32.4 Å². The van der Waals surface area contributed by atoms with Gasteiger partial charge < -0.3 is 5.32 Å². The molecular weight excluding hydrogens is 257 g/mol. The van der Waals surface area contributed by atoms with Crippen molar-refractivity contribution in [1.29, 1.82) is 0 Å². The van der Waals surface area contributed by atoms with Crippen LogP contribution in [0.5, 0.6) is 0 Å². The van der Waals surface area contributed by atoms with Crippen LogP contribution in [0.15, 0.2) is 18.3 Å². The number of halogens is 3. The number of pyridine rings is 1. The highest BCUT2D eigenvalue weighted by Crippen LogP contribution is 2.22. The van der Waals surface area contributed by atoms with Gasteiger partial charge in [0.05, 0.1) is 0 Å². The van der Waals surface area contributed by atoms with Crippen molar-refractivity contribution in [1.82, 2.24) is 14.6 Å². The first-order valence-electron chi connectivity index (χ1n) is 6.08. The summed E-state index contributed by atoms with van der Waals surface area (Å²) in [6, 6.07) is 3.80. The number of hydrogen-bond donors (Lipinski definition) is 1. The van der Waals surface area contributed by atoms with E-state index in [4.69, 9.17) is 0 Å². The van der Waals surface area contributed by atoms with E-state index in [1.165, 1.54) is 0 Å². The smallest absolute Gasteiger partial charge is 0.353 e. The standard InChI is InChI=1S/C12H15F3N4/c1-9-4-7-19-10(8-9)17-11(18-19)16-6-3-2-5-12(13,14)15/h4,7-8H,2-3,5-6H2,1H3,(H,16,18). The number of hydrogen-bond acceptors (Lipinski definition) is 3. The third kappa shape index (κ3) is 4.11. The van der Waals surface area contributed by atoms with Gasteiger partial charge in [0, 0.05) is 19.2 Å². The molecule has 0 unspecified atom stereocenters. The number of alkyl halides is 3. The molecular formula is C12H15F3N4. The molecule has 0 aromatic carbocycles. The molecule has 2 heterocycles. The van der Waals surface area contributed by atoms with Gasteiger partial charge in [-0.3, -0.25) is 0 Å². The van der Waals surface area contributed by atoms with Gasteiger partial charge in [0.25, 0.3) is 0 Å². The predicted molar refractivity (Wildman–Crippen MR) is 66.1 cm³/mol. The SMILES string of the molecule is Cc1ccn2nc(NCCCCC(F)(F)F)nc2c1. The van der Waals surface area contributed by atoms with Gasteiger partial charge in [-0.1, -0.05) is 0 Å². The summed E-state index contributed by atoms with van der Waals surface area (Å²) in [4.78, 5) is 4.24. The second kappa shape index (κ2) is 5.46. The van der Waals surface area contributed by atoms with E-state index in [0.717, 1.165) is 11.2 Å². The summed E-state index contributed by atoms with van der Waals surface area (Å²) in [5.74, 6) is 0.442. The predicted octanol–water partition coefficient (Wildman–Crippen LogP) is 3.18. The summed E-state index contributed by atoms with van der Waals surface area (Å²) in [7, 11) is 0. The maximum absolute atomic E-state index is 11.9. The molecule has 0 spiro atoms. The largest absolute Gasteiger partial charge is 0.389 e. The molecule has 0 atom stereocenters. The lowest BCUT2D eigenvalue weighted by Gasteiger charge is -2.05. The van der Waals surface area contributed by atoms with Gasteiger partial charge in [0.2, 0.25) is 5.95 Å². The Morgan fingerprint density at radius 3 is 2.84 bits per heavy atom. The Morgan fingerprint density at radius 1 is 1.32 bits per heavy atom. The zero-order valence-corrected chi connectivity index (χ0v) is 10.5. The zero-order valence-electron chi connectivity index (χ0n) is 10.5. The molecule has 2 aromatic rings. The molecule has 0 radical (unpaired) electrons. The van der Waals surface area contributed by atoms with Gasteiger partial charge in [-0.15, -0.1) is 5.10 Å². The first-order valence-corrected chi connectivity index (χ1v) is 6.08. The van der Waals surface area contributed by atoms with Crippen LogP contribution >= 0.6 is 0 Å². The Morgan fingerprint density at radius 2 is 2.11 bits per heavy atom. The number of aryl methyl sites for hydroxylation is 1. The van der Waals surface area contributed by atoms with Crippen LogP contribution in [-0.2, 0) is 0 Å². The maximum Gasteiger partial charge on any atom is 0.389 e. The highest BCUT2D eigenvalue weighted by Gasteiger charge is 2.25. The van der Waals surface area contributed by atoms with Gasteiger partial charge >= 0.3 is 6.18 Å². The molecule has 2 aromatic heterocycles. The fraction of sp³-hybridized carbons (Fsp3) is 0.500. The Labute approximate surface area is 108 Å². The lowest BCUT2D eigenvalue weighted by atomic mass is 10.2. The van der Waals surface area contributed by atoms with E-state index in [0.29, 0.717) is 18.9 Å². The molecule has 7 heteroatoms. The van der Waals surface area contributed by atoms with Crippen LogP contribution in [0.4, 0.5) is 19.1 Å². The lowest BCUT2D eigenvalue weighted by Crippen LogP contribution is -2.09. The van der Waals surface area contributed by atoms with Crippen LogP contribution in [0.25, 0.3) is 5.65 Å². The quantitative estimate of drug-likeness (QED) is 0.850. The first kappa shape index (κ1) is 13.6. The van der Waals surface area contributed by atoms with E-state index in [1.54, 1.807) is 10.7 Å². The third-order valence-electron chi connectivity index (χ3n) is 2.66. The third-order valence-corrected chi connectivity index (χ3v) is 2.66. The van der Waals surface area contributed by atoms with Crippen molar-refractivity contribution < 1.29 is 13.2 Å². The molecule has 0 saturated heterocycles. The Kier molecular flexibility index (Phi) is 3.92. The number of anilines is 1. The van der Waals surface area contributed by atoms with Crippen molar-refractivity contribution >= 4 is 11.6 Å². The second-order valence-electron chi connectivity index (χ2n) is 4.44.